The first-order valence-electron chi connectivity index (χ1n) is 16.3. The SMILES string of the molecule is Cc1c(COc2cc(OCc3cncc(C(N)=O)c3)c(CN)cc2Cl)cccc1-c1cccc(OCCCN2CCC(C=O)CC2)c1C. The molecule has 0 bridgehead atoms. The highest BCUT2D eigenvalue weighted by Crippen LogP contribution is 2.36. The van der Waals surface area contributed by atoms with Gasteiger partial charge in [-0.2, -0.15) is 0 Å². The fraction of sp³-hybridized carbons (Fsp3) is 0.342. The molecule has 1 fully saturated rings. The zero-order valence-electron chi connectivity index (χ0n) is 27.5. The highest BCUT2D eigenvalue weighted by Gasteiger charge is 2.18. The second-order valence-corrected chi connectivity index (χ2v) is 12.6. The first-order chi connectivity index (χ1) is 23.3. The van der Waals surface area contributed by atoms with Crippen molar-refractivity contribution in [1.29, 1.82) is 0 Å². The van der Waals surface area contributed by atoms with Crippen LogP contribution in [0.5, 0.6) is 17.2 Å². The highest BCUT2D eigenvalue weighted by atomic mass is 35.5. The normalized spacial score (nSPS) is 13.7. The molecule has 0 saturated carbocycles. The van der Waals surface area contributed by atoms with Gasteiger partial charge in [0.05, 0.1) is 17.2 Å². The number of nitrogens with two attached hydrogens (primary N) is 2. The maximum atomic E-state index is 11.5. The van der Waals surface area contributed by atoms with Crippen molar-refractivity contribution in [3.63, 3.8) is 0 Å². The van der Waals surface area contributed by atoms with E-state index in [1.54, 1.807) is 24.4 Å². The summed E-state index contributed by atoms with van der Waals surface area (Å²) in [5.74, 6) is 1.54. The lowest BCUT2D eigenvalue weighted by molar-refractivity contribution is -0.112. The molecule has 1 aromatic heterocycles. The first kappa shape index (κ1) is 34.9. The summed E-state index contributed by atoms with van der Waals surface area (Å²) in [5.41, 5.74) is 18.5. The molecule has 1 amide bonds. The highest BCUT2D eigenvalue weighted by molar-refractivity contribution is 6.32. The quantitative estimate of drug-likeness (QED) is 0.110. The van der Waals surface area contributed by atoms with E-state index in [0.29, 0.717) is 40.9 Å². The minimum absolute atomic E-state index is 0.160. The number of aromatic nitrogens is 1. The Balaban J connectivity index is 1.24. The van der Waals surface area contributed by atoms with E-state index in [1.807, 2.05) is 24.3 Å². The molecular formula is C38H43ClN4O5. The molecule has 1 saturated heterocycles. The molecule has 2 heterocycles. The van der Waals surface area contributed by atoms with Crippen LogP contribution in [0.4, 0.5) is 0 Å². The number of benzene rings is 3. The van der Waals surface area contributed by atoms with Crippen LogP contribution >= 0.6 is 11.6 Å². The third-order valence-corrected chi connectivity index (χ3v) is 9.21. The van der Waals surface area contributed by atoms with Crippen molar-refractivity contribution in [3.8, 4) is 28.4 Å². The molecule has 0 aliphatic carbocycles. The minimum Gasteiger partial charge on any atom is -0.493 e. The van der Waals surface area contributed by atoms with Crippen molar-refractivity contribution >= 4 is 23.8 Å². The van der Waals surface area contributed by atoms with Crippen LogP contribution in [0, 0.1) is 19.8 Å². The second kappa shape index (κ2) is 16.6. The van der Waals surface area contributed by atoms with E-state index in [-0.39, 0.29) is 19.1 Å². The van der Waals surface area contributed by atoms with Gasteiger partial charge in [0.2, 0.25) is 5.91 Å². The molecule has 1 aliphatic heterocycles. The summed E-state index contributed by atoms with van der Waals surface area (Å²) in [6.45, 7) is 8.43. The average Bonchev–Trinajstić information content (AvgIpc) is 3.10. The van der Waals surface area contributed by atoms with Crippen LogP contribution in [0.25, 0.3) is 11.1 Å². The number of hydrogen-bond acceptors (Lipinski definition) is 8. The van der Waals surface area contributed by atoms with E-state index in [1.165, 1.54) is 6.20 Å². The van der Waals surface area contributed by atoms with Crippen LogP contribution < -0.4 is 25.7 Å². The molecule has 4 aromatic rings. The number of nitrogens with zero attached hydrogens (tertiary/aromatic N) is 2. The van der Waals surface area contributed by atoms with Crippen LogP contribution in [-0.4, -0.2) is 48.3 Å². The Kier molecular flexibility index (Phi) is 12.1. The van der Waals surface area contributed by atoms with Crippen molar-refractivity contribution in [2.75, 3.05) is 26.2 Å². The maximum absolute atomic E-state index is 11.5. The number of hydrogen-bond donors (Lipinski definition) is 2. The molecule has 0 spiro atoms. The van der Waals surface area contributed by atoms with Crippen molar-refractivity contribution in [1.82, 2.24) is 9.88 Å². The lowest BCUT2D eigenvalue weighted by atomic mass is 9.93. The van der Waals surface area contributed by atoms with Crippen LogP contribution in [-0.2, 0) is 24.6 Å². The van der Waals surface area contributed by atoms with E-state index >= 15 is 0 Å². The van der Waals surface area contributed by atoms with Crippen LogP contribution in [0.1, 0.15) is 57.4 Å². The summed E-state index contributed by atoms with van der Waals surface area (Å²) in [6, 6.07) is 17.5. The largest absolute Gasteiger partial charge is 0.493 e. The Bertz CT molecular complexity index is 1740. The molecule has 9 nitrogen and oxygen atoms in total. The molecule has 48 heavy (non-hydrogen) atoms. The molecule has 0 atom stereocenters. The molecule has 10 heteroatoms. The van der Waals surface area contributed by atoms with Crippen LogP contribution in [0.2, 0.25) is 5.02 Å². The van der Waals surface area contributed by atoms with Gasteiger partial charge in [0.25, 0.3) is 0 Å². The van der Waals surface area contributed by atoms with Gasteiger partial charge in [0, 0.05) is 48.6 Å². The number of carbonyl (C=O) groups is 2. The second-order valence-electron chi connectivity index (χ2n) is 12.2. The van der Waals surface area contributed by atoms with Gasteiger partial charge in [-0.3, -0.25) is 9.78 Å². The molecule has 5 rings (SSSR count). The zero-order chi connectivity index (χ0) is 34.0. The number of rotatable bonds is 15. The Hall–Kier alpha value is -4.44. The van der Waals surface area contributed by atoms with Gasteiger partial charge in [-0.15, -0.1) is 0 Å². The Morgan fingerprint density at radius 1 is 0.917 bits per heavy atom. The fourth-order valence-electron chi connectivity index (χ4n) is 5.98. The molecule has 3 aromatic carbocycles. The third-order valence-electron chi connectivity index (χ3n) is 8.91. The Morgan fingerprint density at radius 3 is 2.38 bits per heavy atom. The fourth-order valence-corrected chi connectivity index (χ4v) is 6.22. The van der Waals surface area contributed by atoms with Gasteiger partial charge >= 0.3 is 0 Å². The number of piperidine rings is 1. The number of carbonyl (C=O) groups excluding carboxylic acids is 2. The third kappa shape index (κ3) is 8.72. The predicted octanol–water partition coefficient (Wildman–Crippen LogP) is 6.41. The van der Waals surface area contributed by atoms with Gasteiger partial charge in [-0.1, -0.05) is 41.9 Å². The zero-order valence-corrected chi connectivity index (χ0v) is 28.3. The van der Waals surface area contributed by atoms with E-state index in [9.17, 15) is 9.59 Å². The number of ether oxygens (including phenoxy) is 3. The molecule has 1 aliphatic rings. The van der Waals surface area contributed by atoms with Crippen molar-refractivity contribution in [2.45, 2.75) is 52.9 Å². The average molecular weight is 671 g/mol. The molecule has 0 radical (unpaired) electrons. The lowest BCUT2D eigenvalue weighted by Crippen LogP contribution is -2.35. The smallest absolute Gasteiger partial charge is 0.250 e. The summed E-state index contributed by atoms with van der Waals surface area (Å²) in [6.07, 6.45) is 6.96. The van der Waals surface area contributed by atoms with E-state index in [2.05, 4.69) is 35.9 Å². The maximum Gasteiger partial charge on any atom is 0.250 e. The molecule has 4 N–H and O–H groups in total. The number of primary amides is 1. The van der Waals surface area contributed by atoms with Crippen molar-refractivity contribution in [3.05, 3.63) is 105 Å². The van der Waals surface area contributed by atoms with Crippen molar-refractivity contribution in [2.24, 2.45) is 17.4 Å². The van der Waals surface area contributed by atoms with Crippen LogP contribution in [0.15, 0.2) is 67.0 Å². The van der Waals surface area contributed by atoms with Crippen LogP contribution in [0.3, 0.4) is 0 Å². The Morgan fingerprint density at radius 2 is 1.65 bits per heavy atom. The van der Waals surface area contributed by atoms with Gasteiger partial charge in [-0.05, 0) is 92.2 Å². The number of likely N-dealkylation sites (tertiary alicyclic amines) is 1. The van der Waals surface area contributed by atoms with E-state index < -0.39 is 5.91 Å². The number of aldehydes is 1. The van der Waals surface area contributed by atoms with Gasteiger partial charge in [0.15, 0.2) is 0 Å². The Labute approximate surface area is 287 Å². The van der Waals surface area contributed by atoms with Gasteiger partial charge < -0.3 is 35.4 Å². The minimum atomic E-state index is -0.555. The predicted molar refractivity (Wildman–Crippen MR) is 187 cm³/mol. The standard InChI is InChI=1S/C38H43ClN4O5/c1-25-29(24-48-37-18-36(30(19-40)17-34(37)39)47-23-28-16-31(38(41)45)21-42-20-28)6-3-7-32(25)33-8-4-9-35(26(33)2)46-15-5-12-43-13-10-27(22-44)11-14-43/h3-4,6-9,16-18,20-22,27H,5,10-15,19,23-24,40H2,1-2H3,(H2,41,45). The summed E-state index contributed by atoms with van der Waals surface area (Å²) >= 11 is 6.61. The van der Waals surface area contributed by atoms with E-state index in [4.69, 9.17) is 37.3 Å². The summed E-state index contributed by atoms with van der Waals surface area (Å²) in [7, 11) is 0. The summed E-state index contributed by atoms with van der Waals surface area (Å²) in [4.78, 5) is 29.1. The summed E-state index contributed by atoms with van der Waals surface area (Å²) < 4.78 is 18.6. The monoisotopic (exact) mass is 670 g/mol. The number of pyridine rings is 1. The topological polar surface area (TPSA) is 130 Å². The first-order valence-corrected chi connectivity index (χ1v) is 16.7. The van der Waals surface area contributed by atoms with Crippen molar-refractivity contribution < 1.29 is 23.8 Å². The van der Waals surface area contributed by atoms with Gasteiger partial charge in [-0.25, -0.2) is 0 Å². The lowest BCUT2D eigenvalue weighted by Gasteiger charge is -2.29. The number of amides is 1. The number of halogens is 1. The molecular weight excluding hydrogens is 628 g/mol. The molecule has 252 valence electrons. The summed E-state index contributed by atoms with van der Waals surface area (Å²) in [5, 5.41) is 0.431. The molecule has 0 unspecified atom stereocenters. The van der Waals surface area contributed by atoms with Gasteiger partial charge in [0.1, 0.15) is 36.7 Å². The van der Waals surface area contributed by atoms with E-state index in [0.717, 1.165) is 84.3 Å².